The molecule has 1 saturated heterocycles. The molecule has 0 aromatic heterocycles. The number of nitrogens with zero attached hydrogens (tertiary/aromatic N) is 1. The van der Waals surface area contributed by atoms with Crippen molar-refractivity contribution in [3.63, 3.8) is 0 Å². The standard InChI is InChI=1S/C18H18N2O3/c1-12-6-8-13(9-7-12)19-16-11-17(21)20(18(16)22)14-4-3-5-15(10-14)23-2/h3-10,16,19H,11H2,1-2H3/t16-/m1/s1. The van der Waals surface area contributed by atoms with Crippen LogP contribution in [0.4, 0.5) is 11.4 Å². The molecule has 1 aliphatic rings. The van der Waals surface area contributed by atoms with E-state index in [-0.39, 0.29) is 18.2 Å². The second-order valence-electron chi connectivity index (χ2n) is 5.54. The Morgan fingerprint density at radius 2 is 1.87 bits per heavy atom. The summed E-state index contributed by atoms with van der Waals surface area (Å²) < 4.78 is 5.15. The number of imide groups is 1. The predicted molar refractivity (Wildman–Crippen MR) is 88.7 cm³/mol. The number of carbonyl (C=O) groups excluding carboxylic acids is 2. The second kappa shape index (κ2) is 6.12. The van der Waals surface area contributed by atoms with E-state index in [1.807, 2.05) is 31.2 Å². The minimum Gasteiger partial charge on any atom is -0.497 e. The van der Waals surface area contributed by atoms with E-state index in [4.69, 9.17) is 4.74 Å². The van der Waals surface area contributed by atoms with Gasteiger partial charge in [0.1, 0.15) is 11.8 Å². The number of methoxy groups -OCH3 is 1. The highest BCUT2D eigenvalue weighted by Crippen LogP contribution is 2.27. The monoisotopic (exact) mass is 310 g/mol. The molecule has 0 aliphatic carbocycles. The molecule has 3 rings (SSSR count). The number of benzene rings is 2. The minimum atomic E-state index is -0.545. The lowest BCUT2D eigenvalue weighted by Gasteiger charge is -2.16. The Hall–Kier alpha value is -2.82. The van der Waals surface area contributed by atoms with Gasteiger partial charge in [0.2, 0.25) is 5.91 Å². The zero-order chi connectivity index (χ0) is 16.4. The topological polar surface area (TPSA) is 58.6 Å². The first-order valence-corrected chi connectivity index (χ1v) is 7.42. The molecule has 5 heteroatoms. The molecule has 118 valence electrons. The van der Waals surface area contributed by atoms with Crippen LogP contribution in [0.3, 0.4) is 0 Å². The van der Waals surface area contributed by atoms with Crippen molar-refractivity contribution in [3.8, 4) is 5.75 Å². The lowest BCUT2D eigenvalue weighted by molar-refractivity contribution is -0.121. The van der Waals surface area contributed by atoms with Gasteiger partial charge in [-0.25, -0.2) is 4.90 Å². The quantitative estimate of drug-likeness (QED) is 0.882. The van der Waals surface area contributed by atoms with Gasteiger partial charge in [-0.2, -0.15) is 0 Å². The smallest absolute Gasteiger partial charge is 0.256 e. The normalized spacial score (nSPS) is 17.5. The Kier molecular flexibility index (Phi) is 4.02. The van der Waals surface area contributed by atoms with E-state index >= 15 is 0 Å². The SMILES string of the molecule is COc1cccc(N2C(=O)C[C@@H](Nc3ccc(C)cc3)C2=O)c1. The van der Waals surface area contributed by atoms with E-state index in [0.717, 1.165) is 11.3 Å². The van der Waals surface area contributed by atoms with Gasteiger partial charge in [0.25, 0.3) is 5.91 Å². The fourth-order valence-electron chi connectivity index (χ4n) is 2.62. The molecule has 2 aromatic carbocycles. The Balaban J connectivity index is 1.80. The Morgan fingerprint density at radius 1 is 1.13 bits per heavy atom. The maximum absolute atomic E-state index is 12.6. The highest BCUT2D eigenvalue weighted by Gasteiger charge is 2.39. The van der Waals surface area contributed by atoms with Crippen LogP contribution in [-0.2, 0) is 9.59 Å². The zero-order valence-electron chi connectivity index (χ0n) is 13.1. The van der Waals surface area contributed by atoms with Gasteiger partial charge in [-0.1, -0.05) is 23.8 Å². The lowest BCUT2D eigenvalue weighted by Crippen LogP contribution is -2.34. The van der Waals surface area contributed by atoms with Gasteiger partial charge in [0.15, 0.2) is 0 Å². The van der Waals surface area contributed by atoms with Crippen molar-refractivity contribution < 1.29 is 14.3 Å². The van der Waals surface area contributed by atoms with Crippen molar-refractivity contribution in [1.82, 2.24) is 0 Å². The minimum absolute atomic E-state index is 0.143. The predicted octanol–water partition coefficient (Wildman–Crippen LogP) is 2.75. The van der Waals surface area contributed by atoms with Gasteiger partial charge in [-0.3, -0.25) is 9.59 Å². The van der Waals surface area contributed by atoms with E-state index in [9.17, 15) is 9.59 Å². The number of aryl methyl sites for hydroxylation is 1. The van der Waals surface area contributed by atoms with Crippen LogP contribution < -0.4 is 15.0 Å². The second-order valence-corrected chi connectivity index (χ2v) is 5.54. The van der Waals surface area contributed by atoms with Crippen molar-refractivity contribution >= 4 is 23.2 Å². The summed E-state index contributed by atoms with van der Waals surface area (Å²) in [5.41, 5.74) is 2.50. The van der Waals surface area contributed by atoms with Crippen LogP contribution in [0, 0.1) is 6.92 Å². The number of hydrogen-bond donors (Lipinski definition) is 1. The van der Waals surface area contributed by atoms with Crippen molar-refractivity contribution in [2.45, 2.75) is 19.4 Å². The van der Waals surface area contributed by atoms with Crippen LogP contribution in [0.25, 0.3) is 0 Å². The molecule has 1 atom stereocenters. The maximum Gasteiger partial charge on any atom is 0.256 e. The average molecular weight is 310 g/mol. The van der Waals surface area contributed by atoms with E-state index in [1.165, 1.54) is 4.90 Å². The molecule has 0 spiro atoms. The van der Waals surface area contributed by atoms with Crippen LogP contribution in [-0.4, -0.2) is 25.0 Å². The van der Waals surface area contributed by atoms with Crippen molar-refractivity contribution in [2.24, 2.45) is 0 Å². The van der Waals surface area contributed by atoms with Gasteiger partial charge >= 0.3 is 0 Å². The van der Waals surface area contributed by atoms with Crippen molar-refractivity contribution in [1.29, 1.82) is 0 Å². The third kappa shape index (κ3) is 3.04. The zero-order valence-corrected chi connectivity index (χ0v) is 13.1. The van der Waals surface area contributed by atoms with Crippen molar-refractivity contribution in [3.05, 3.63) is 54.1 Å². The molecular formula is C18H18N2O3. The van der Waals surface area contributed by atoms with E-state index in [0.29, 0.717) is 11.4 Å². The van der Waals surface area contributed by atoms with E-state index < -0.39 is 6.04 Å². The highest BCUT2D eigenvalue weighted by molar-refractivity contribution is 6.23. The first kappa shape index (κ1) is 15.1. The summed E-state index contributed by atoms with van der Waals surface area (Å²) in [6, 6.07) is 14.1. The third-order valence-electron chi connectivity index (χ3n) is 3.85. The summed E-state index contributed by atoms with van der Waals surface area (Å²) in [6.45, 7) is 2.00. The van der Waals surface area contributed by atoms with Gasteiger partial charge in [-0.15, -0.1) is 0 Å². The van der Waals surface area contributed by atoms with Gasteiger partial charge in [-0.05, 0) is 31.2 Å². The highest BCUT2D eigenvalue weighted by atomic mass is 16.5. The number of nitrogens with one attached hydrogen (secondary N) is 1. The lowest BCUT2D eigenvalue weighted by atomic mass is 10.2. The summed E-state index contributed by atoms with van der Waals surface area (Å²) in [4.78, 5) is 26.1. The number of ether oxygens (including phenoxy) is 1. The average Bonchev–Trinajstić information content (AvgIpc) is 2.83. The molecule has 1 heterocycles. The van der Waals surface area contributed by atoms with Gasteiger partial charge in [0.05, 0.1) is 19.2 Å². The van der Waals surface area contributed by atoms with Gasteiger partial charge in [0, 0.05) is 11.8 Å². The van der Waals surface area contributed by atoms with Crippen LogP contribution in [0.1, 0.15) is 12.0 Å². The summed E-state index contributed by atoms with van der Waals surface area (Å²) in [6.07, 6.45) is 0.143. The molecule has 23 heavy (non-hydrogen) atoms. The molecule has 2 amide bonds. The summed E-state index contributed by atoms with van der Waals surface area (Å²) in [5.74, 6) is 0.148. The summed E-state index contributed by atoms with van der Waals surface area (Å²) in [7, 11) is 1.55. The maximum atomic E-state index is 12.6. The van der Waals surface area contributed by atoms with Crippen LogP contribution in [0.5, 0.6) is 5.75 Å². The van der Waals surface area contributed by atoms with Crippen LogP contribution in [0.15, 0.2) is 48.5 Å². The van der Waals surface area contributed by atoms with Crippen molar-refractivity contribution in [2.75, 3.05) is 17.3 Å². The molecule has 1 fully saturated rings. The largest absolute Gasteiger partial charge is 0.497 e. The molecule has 0 bridgehead atoms. The summed E-state index contributed by atoms with van der Waals surface area (Å²) in [5, 5.41) is 3.13. The molecular weight excluding hydrogens is 292 g/mol. The van der Waals surface area contributed by atoms with Crippen LogP contribution >= 0.6 is 0 Å². The Morgan fingerprint density at radius 3 is 2.57 bits per heavy atom. The van der Waals surface area contributed by atoms with Crippen LogP contribution in [0.2, 0.25) is 0 Å². The summed E-state index contributed by atoms with van der Waals surface area (Å²) >= 11 is 0. The fourth-order valence-corrected chi connectivity index (χ4v) is 2.62. The molecule has 0 radical (unpaired) electrons. The molecule has 2 aromatic rings. The number of anilines is 2. The molecule has 1 N–H and O–H groups in total. The van der Waals surface area contributed by atoms with E-state index in [1.54, 1.807) is 31.4 Å². The number of hydrogen-bond acceptors (Lipinski definition) is 4. The Bertz CT molecular complexity index is 740. The third-order valence-corrected chi connectivity index (χ3v) is 3.85. The number of rotatable bonds is 4. The first-order valence-electron chi connectivity index (χ1n) is 7.42. The fraction of sp³-hybridized carbons (Fsp3) is 0.222. The van der Waals surface area contributed by atoms with E-state index in [2.05, 4.69) is 5.32 Å². The first-order chi connectivity index (χ1) is 11.1. The molecule has 5 nitrogen and oxygen atoms in total. The Labute approximate surface area is 134 Å². The molecule has 1 aliphatic heterocycles. The molecule has 0 saturated carbocycles. The van der Waals surface area contributed by atoms with Gasteiger partial charge < -0.3 is 10.1 Å². The number of amides is 2. The number of carbonyl (C=O) groups is 2. The molecule has 0 unspecified atom stereocenters.